The van der Waals surface area contributed by atoms with Crippen LogP contribution in [0, 0.1) is 25.2 Å². The fourth-order valence-electron chi connectivity index (χ4n) is 3.33. The number of rotatable bonds is 1. The molecule has 2 heterocycles. The molecule has 0 amide bonds. The number of hydrogen-bond donors (Lipinski definition) is 0. The number of pyridine rings is 1. The van der Waals surface area contributed by atoms with E-state index in [1.807, 2.05) is 6.07 Å². The van der Waals surface area contributed by atoms with E-state index < -0.39 is 0 Å². The maximum absolute atomic E-state index is 9.18. The van der Waals surface area contributed by atoms with E-state index in [4.69, 9.17) is 0 Å². The summed E-state index contributed by atoms with van der Waals surface area (Å²) in [7, 11) is 2.12. The molecule has 4 aromatic rings. The van der Waals surface area contributed by atoms with Gasteiger partial charge in [-0.15, -0.1) is 0 Å². The van der Waals surface area contributed by atoms with Gasteiger partial charge in [0.2, 0.25) is 0 Å². The van der Waals surface area contributed by atoms with Crippen LogP contribution in [0.1, 0.15) is 16.7 Å². The topological polar surface area (TPSA) is 27.7 Å². The molecule has 116 valence electrons. The summed E-state index contributed by atoms with van der Waals surface area (Å²) in [5.41, 5.74) is 5.93. The van der Waals surface area contributed by atoms with Crippen LogP contribution < -0.4 is 4.57 Å². The summed E-state index contributed by atoms with van der Waals surface area (Å²) >= 11 is 0.233. The van der Waals surface area contributed by atoms with Gasteiger partial charge in [0.25, 0.3) is 0 Å². The van der Waals surface area contributed by atoms with Crippen molar-refractivity contribution in [3.05, 3.63) is 65.4 Å². The number of aromatic nitrogens is 1. The van der Waals surface area contributed by atoms with Gasteiger partial charge in [0.1, 0.15) is 0 Å². The summed E-state index contributed by atoms with van der Waals surface area (Å²) in [6.45, 7) is 4.31. The molecule has 0 bridgehead atoms. The fourth-order valence-corrected chi connectivity index (χ4v) is 6.16. The molecule has 0 spiro atoms. The molecule has 0 fully saturated rings. The SMILES string of the molecule is Cc1ccc(-c2c(C)ccc3c2[se]c2cc(C#N)ccc23)[n+](C)c1. The van der Waals surface area contributed by atoms with Crippen molar-refractivity contribution in [2.75, 3.05) is 0 Å². The zero-order valence-electron chi connectivity index (χ0n) is 13.9. The Bertz CT molecular complexity index is 1150. The van der Waals surface area contributed by atoms with Gasteiger partial charge in [-0.05, 0) is 0 Å². The van der Waals surface area contributed by atoms with Gasteiger partial charge in [-0.25, -0.2) is 0 Å². The normalized spacial score (nSPS) is 11.1. The Morgan fingerprint density at radius 1 is 1.00 bits per heavy atom. The van der Waals surface area contributed by atoms with Crippen LogP contribution >= 0.6 is 0 Å². The first-order valence-corrected chi connectivity index (χ1v) is 9.62. The number of fused-ring (bicyclic) bond motifs is 3. The molecule has 2 aromatic heterocycles. The van der Waals surface area contributed by atoms with Crippen LogP contribution in [0.25, 0.3) is 30.6 Å². The van der Waals surface area contributed by atoms with Crippen molar-refractivity contribution < 1.29 is 4.57 Å². The van der Waals surface area contributed by atoms with Crippen molar-refractivity contribution in [2.24, 2.45) is 7.05 Å². The first-order chi connectivity index (χ1) is 11.6. The molecule has 2 aromatic carbocycles. The Balaban J connectivity index is 2.11. The van der Waals surface area contributed by atoms with E-state index in [1.165, 1.54) is 41.7 Å². The predicted octanol–water partition coefficient (Wildman–Crippen LogP) is 4.03. The van der Waals surface area contributed by atoms with Crippen molar-refractivity contribution in [1.29, 1.82) is 5.26 Å². The third kappa shape index (κ3) is 2.27. The number of nitriles is 1. The molecule has 24 heavy (non-hydrogen) atoms. The third-order valence-corrected chi connectivity index (χ3v) is 7.00. The summed E-state index contributed by atoms with van der Waals surface area (Å²) in [6.07, 6.45) is 2.18. The minimum atomic E-state index is 0.233. The molecule has 0 saturated carbocycles. The zero-order valence-corrected chi connectivity index (χ0v) is 15.6. The number of benzene rings is 2. The first kappa shape index (κ1) is 15.1. The molecule has 3 heteroatoms. The van der Waals surface area contributed by atoms with Crippen LogP contribution in [-0.4, -0.2) is 14.5 Å². The van der Waals surface area contributed by atoms with Gasteiger partial charge < -0.3 is 0 Å². The van der Waals surface area contributed by atoms with Crippen LogP contribution in [0.3, 0.4) is 0 Å². The van der Waals surface area contributed by atoms with E-state index in [-0.39, 0.29) is 14.5 Å². The zero-order chi connectivity index (χ0) is 16.8. The van der Waals surface area contributed by atoms with Gasteiger partial charge in [0.05, 0.1) is 0 Å². The van der Waals surface area contributed by atoms with Crippen LogP contribution in [0.4, 0.5) is 0 Å². The second kappa shape index (κ2) is 5.60. The molecular weight excluding hydrogens is 359 g/mol. The van der Waals surface area contributed by atoms with E-state index in [0.717, 1.165) is 5.56 Å². The molecule has 0 saturated heterocycles. The van der Waals surface area contributed by atoms with Crippen LogP contribution in [0.15, 0.2) is 48.7 Å². The molecule has 0 unspecified atom stereocenters. The van der Waals surface area contributed by atoms with Gasteiger partial charge >= 0.3 is 147 Å². The van der Waals surface area contributed by atoms with Crippen molar-refractivity contribution >= 4 is 33.8 Å². The van der Waals surface area contributed by atoms with Crippen LogP contribution in [-0.2, 0) is 7.05 Å². The number of hydrogen-bond acceptors (Lipinski definition) is 1. The van der Waals surface area contributed by atoms with E-state index in [2.05, 4.69) is 74.1 Å². The molecule has 0 radical (unpaired) electrons. The van der Waals surface area contributed by atoms with Gasteiger partial charge in [-0.3, -0.25) is 0 Å². The van der Waals surface area contributed by atoms with Crippen molar-refractivity contribution in [1.82, 2.24) is 0 Å². The Kier molecular flexibility index (Phi) is 3.53. The van der Waals surface area contributed by atoms with Crippen LogP contribution in [0.2, 0.25) is 0 Å². The van der Waals surface area contributed by atoms with E-state index in [0.29, 0.717) is 0 Å². The molecule has 0 N–H and O–H groups in total. The molecule has 0 aliphatic heterocycles. The van der Waals surface area contributed by atoms with Gasteiger partial charge in [0, 0.05) is 0 Å². The first-order valence-electron chi connectivity index (χ1n) is 7.91. The summed E-state index contributed by atoms with van der Waals surface area (Å²) in [4.78, 5) is 0. The molecule has 4 rings (SSSR count). The summed E-state index contributed by atoms with van der Waals surface area (Å²) < 4.78 is 4.97. The predicted molar refractivity (Wildman–Crippen MR) is 99.2 cm³/mol. The van der Waals surface area contributed by atoms with Crippen molar-refractivity contribution in [3.8, 4) is 17.3 Å². The number of aryl methyl sites for hydroxylation is 3. The van der Waals surface area contributed by atoms with Crippen molar-refractivity contribution in [3.63, 3.8) is 0 Å². The van der Waals surface area contributed by atoms with Gasteiger partial charge in [-0.2, -0.15) is 0 Å². The van der Waals surface area contributed by atoms with Crippen LogP contribution in [0.5, 0.6) is 0 Å². The van der Waals surface area contributed by atoms with E-state index >= 15 is 0 Å². The summed E-state index contributed by atoms with van der Waals surface area (Å²) in [5, 5.41) is 11.8. The average Bonchev–Trinajstić information content (AvgIpc) is 2.93. The summed E-state index contributed by atoms with van der Waals surface area (Å²) in [6, 6.07) is 17.2. The Morgan fingerprint density at radius 2 is 1.79 bits per heavy atom. The second-order valence-electron chi connectivity index (χ2n) is 6.26. The average molecular weight is 376 g/mol. The molecule has 0 aliphatic rings. The van der Waals surface area contributed by atoms with Gasteiger partial charge in [-0.1, -0.05) is 0 Å². The molecular formula is C21H17N2Se+. The quantitative estimate of drug-likeness (QED) is 0.364. The van der Waals surface area contributed by atoms with Gasteiger partial charge in [0.15, 0.2) is 0 Å². The van der Waals surface area contributed by atoms with Crippen molar-refractivity contribution in [2.45, 2.75) is 13.8 Å². The minimum absolute atomic E-state index is 0.233. The molecule has 0 aliphatic carbocycles. The maximum atomic E-state index is 9.18. The second-order valence-corrected chi connectivity index (χ2v) is 8.47. The Hall–Kier alpha value is -2.40. The monoisotopic (exact) mass is 377 g/mol. The number of nitrogens with zero attached hydrogens (tertiary/aromatic N) is 2. The Morgan fingerprint density at radius 3 is 2.54 bits per heavy atom. The third-order valence-electron chi connectivity index (χ3n) is 4.52. The van der Waals surface area contributed by atoms with E-state index in [9.17, 15) is 5.26 Å². The fraction of sp³-hybridized carbons (Fsp3) is 0.143. The molecule has 0 atom stereocenters. The summed E-state index contributed by atoms with van der Waals surface area (Å²) in [5.74, 6) is 0. The van der Waals surface area contributed by atoms with E-state index in [1.54, 1.807) is 0 Å². The Labute approximate surface area is 147 Å². The standard InChI is InChI=1S/C21H17N2Se/c1-13-4-9-18(23(3)12-13)20-14(2)5-7-17-16-8-6-15(11-22)10-19(16)24-21(17)20/h4-10,12H,1-3H3/q+1. The molecule has 2 nitrogen and oxygen atoms in total.